The molecule has 2 amide bonds. The van der Waals surface area contributed by atoms with Crippen molar-refractivity contribution < 1.29 is 9.59 Å². The van der Waals surface area contributed by atoms with E-state index in [4.69, 9.17) is 11.6 Å². The zero-order valence-electron chi connectivity index (χ0n) is 15.1. The average Bonchev–Trinajstić information content (AvgIpc) is 2.68. The summed E-state index contributed by atoms with van der Waals surface area (Å²) < 4.78 is 0. The lowest BCUT2D eigenvalue weighted by atomic mass is 10.0. The molecule has 0 aliphatic carbocycles. The van der Waals surface area contributed by atoms with E-state index in [2.05, 4.69) is 10.6 Å². The van der Waals surface area contributed by atoms with E-state index in [-0.39, 0.29) is 24.2 Å². The first-order valence-electron chi connectivity index (χ1n) is 8.71. The minimum Gasteiger partial charge on any atom is -0.337 e. The maximum absolute atomic E-state index is 13.0. The molecular weight excluding hydrogens is 385 g/mol. The first kappa shape index (κ1) is 21.2. The molecule has 144 valence electrons. The maximum Gasteiger partial charge on any atom is 0.256 e. The van der Waals surface area contributed by atoms with Crippen LogP contribution in [0.5, 0.6) is 0 Å². The predicted molar refractivity (Wildman–Crippen MR) is 111 cm³/mol. The first-order chi connectivity index (χ1) is 12.6. The fourth-order valence-electron chi connectivity index (χ4n) is 3.14. The lowest BCUT2D eigenvalue weighted by Gasteiger charge is -2.33. The van der Waals surface area contributed by atoms with Crippen molar-refractivity contribution in [2.24, 2.45) is 0 Å². The summed E-state index contributed by atoms with van der Waals surface area (Å²) in [4.78, 5) is 27.3. The van der Waals surface area contributed by atoms with Crippen molar-refractivity contribution >= 4 is 41.5 Å². The average molecular weight is 408 g/mol. The van der Waals surface area contributed by atoms with Crippen LogP contribution in [0.15, 0.2) is 48.5 Å². The third-order valence-corrected chi connectivity index (χ3v) is 4.88. The second-order valence-corrected chi connectivity index (χ2v) is 6.82. The number of hydrogen-bond donors (Lipinski definition) is 2. The van der Waals surface area contributed by atoms with Crippen molar-refractivity contribution in [3.8, 4) is 0 Å². The van der Waals surface area contributed by atoms with Gasteiger partial charge >= 0.3 is 0 Å². The fourth-order valence-corrected chi connectivity index (χ4v) is 3.27. The summed E-state index contributed by atoms with van der Waals surface area (Å²) in [7, 11) is 1.92. The number of halogens is 2. The molecule has 1 unspecified atom stereocenters. The van der Waals surface area contributed by atoms with Crippen LogP contribution in [0, 0.1) is 0 Å². The molecule has 2 N–H and O–H groups in total. The summed E-state index contributed by atoms with van der Waals surface area (Å²) in [6.45, 7) is 1.41. The normalized spacial score (nSPS) is 16.4. The van der Waals surface area contributed by atoms with E-state index < -0.39 is 0 Å². The Morgan fingerprint density at radius 2 is 1.81 bits per heavy atom. The van der Waals surface area contributed by atoms with Crippen LogP contribution >= 0.6 is 24.0 Å². The van der Waals surface area contributed by atoms with Gasteiger partial charge < -0.3 is 15.5 Å². The molecule has 2 aromatic carbocycles. The Balaban J connectivity index is 0.00000261. The number of para-hydroxylation sites is 1. The second kappa shape index (κ2) is 9.74. The van der Waals surface area contributed by atoms with Crippen molar-refractivity contribution in [2.75, 3.05) is 25.5 Å². The lowest BCUT2D eigenvalue weighted by Crippen LogP contribution is -2.47. The first-order valence-corrected chi connectivity index (χ1v) is 9.09. The molecule has 0 bridgehead atoms. The van der Waals surface area contributed by atoms with Gasteiger partial charge in [0.2, 0.25) is 0 Å². The van der Waals surface area contributed by atoms with E-state index in [0.29, 0.717) is 34.4 Å². The molecule has 1 fully saturated rings. The molecule has 1 heterocycles. The zero-order valence-corrected chi connectivity index (χ0v) is 16.6. The fraction of sp³-hybridized carbons (Fsp3) is 0.300. The van der Waals surface area contributed by atoms with Gasteiger partial charge in [-0.05, 0) is 56.3 Å². The Kier molecular flexibility index (Phi) is 7.66. The third-order valence-electron chi connectivity index (χ3n) is 4.63. The minimum atomic E-state index is -0.270. The molecule has 7 heteroatoms. The SMILES string of the molecule is CNC1CCCN(C(=O)c2ccccc2NC(=O)c2ccc(Cl)cc2)C1.Cl. The van der Waals surface area contributed by atoms with Crippen molar-refractivity contribution in [1.82, 2.24) is 10.2 Å². The number of likely N-dealkylation sites (tertiary alicyclic amines) is 1. The molecule has 2 aromatic rings. The van der Waals surface area contributed by atoms with Gasteiger partial charge in [0.1, 0.15) is 0 Å². The molecule has 3 rings (SSSR count). The molecule has 5 nitrogen and oxygen atoms in total. The Labute approximate surface area is 170 Å². The second-order valence-electron chi connectivity index (χ2n) is 6.39. The van der Waals surface area contributed by atoms with Crippen LogP contribution in [0.2, 0.25) is 5.02 Å². The van der Waals surface area contributed by atoms with E-state index in [1.54, 1.807) is 42.5 Å². The van der Waals surface area contributed by atoms with Crippen LogP contribution in [0.25, 0.3) is 0 Å². The highest BCUT2D eigenvalue weighted by Crippen LogP contribution is 2.21. The molecule has 0 aromatic heterocycles. The van der Waals surface area contributed by atoms with Gasteiger partial charge in [-0.1, -0.05) is 23.7 Å². The smallest absolute Gasteiger partial charge is 0.256 e. The van der Waals surface area contributed by atoms with Gasteiger partial charge in [-0.3, -0.25) is 9.59 Å². The number of likely N-dealkylation sites (N-methyl/N-ethyl adjacent to an activating group) is 1. The summed E-state index contributed by atoms with van der Waals surface area (Å²) in [6.07, 6.45) is 2.03. The molecule has 0 radical (unpaired) electrons. The molecule has 1 aliphatic rings. The number of nitrogens with zero attached hydrogens (tertiary/aromatic N) is 1. The summed E-state index contributed by atoms with van der Waals surface area (Å²) in [5.41, 5.74) is 1.51. The van der Waals surface area contributed by atoms with E-state index in [9.17, 15) is 9.59 Å². The highest BCUT2D eigenvalue weighted by molar-refractivity contribution is 6.30. The summed E-state index contributed by atoms with van der Waals surface area (Å²) >= 11 is 5.87. The van der Waals surface area contributed by atoms with Gasteiger partial charge in [0.15, 0.2) is 0 Å². The summed E-state index contributed by atoms with van der Waals surface area (Å²) in [6, 6.07) is 14.1. The number of benzene rings is 2. The van der Waals surface area contributed by atoms with Gasteiger partial charge in [0, 0.05) is 29.7 Å². The Bertz CT molecular complexity index is 796. The molecule has 1 atom stereocenters. The van der Waals surface area contributed by atoms with Crippen molar-refractivity contribution in [2.45, 2.75) is 18.9 Å². The van der Waals surface area contributed by atoms with Crippen LogP contribution in [0.3, 0.4) is 0 Å². The Morgan fingerprint density at radius 1 is 1.11 bits per heavy atom. The molecular formula is C20H23Cl2N3O2. The van der Waals surface area contributed by atoms with E-state index in [0.717, 1.165) is 19.4 Å². The number of carbonyl (C=O) groups is 2. The zero-order chi connectivity index (χ0) is 18.5. The monoisotopic (exact) mass is 407 g/mol. The third kappa shape index (κ3) is 5.22. The van der Waals surface area contributed by atoms with Crippen molar-refractivity contribution in [3.05, 3.63) is 64.7 Å². The standard InChI is InChI=1S/C20H22ClN3O2.ClH/c1-22-16-5-4-12-24(13-16)20(26)17-6-2-3-7-18(17)23-19(25)14-8-10-15(21)11-9-14;/h2-3,6-11,16,22H,4-5,12-13H2,1H3,(H,23,25);1H. The van der Waals surface area contributed by atoms with E-state index >= 15 is 0 Å². The quantitative estimate of drug-likeness (QED) is 0.808. The summed E-state index contributed by atoms with van der Waals surface area (Å²) in [5.74, 6) is -0.328. The number of anilines is 1. The number of amides is 2. The van der Waals surface area contributed by atoms with Gasteiger partial charge in [-0.2, -0.15) is 0 Å². The maximum atomic E-state index is 13.0. The van der Waals surface area contributed by atoms with Crippen LogP contribution in [-0.2, 0) is 0 Å². The Hall–Kier alpha value is -2.08. The highest BCUT2D eigenvalue weighted by Gasteiger charge is 2.25. The van der Waals surface area contributed by atoms with Gasteiger partial charge in [0.05, 0.1) is 11.3 Å². The van der Waals surface area contributed by atoms with Crippen LogP contribution in [0.1, 0.15) is 33.6 Å². The molecule has 1 aliphatic heterocycles. The topological polar surface area (TPSA) is 61.4 Å². The van der Waals surface area contributed by atoms with Gasteiger partial charge in [0.25, 0.3) is 11.8 Å². The van der Waals surface area contributed by atoms with E-state index in [1.165, 1.54) is 0 Å². The van der Waals surface area contributed by atoms with Crippen molar-refractivity contribution in [3.63, 3.8) is 0 Å². The van der Waals surface area contributed by atoms with Crippen LogP contribution < -0.4 is 10.6 Å². The van der Waals surface area contributed by atoms with Crippen LogP contribution in [0.4, 0.5) is 5.69 Å². The molecule has 0 spiro atoms. The lowest BCUT2D eigenvalue weighted by molar-refractivity contribution is 0.0699. The highest BCUT2D eigenvalue weighted by atomic mass is 35.5. The number of hydrogen-bond acceptors (Lipinski definition) is 3. The number of nitrogens with one attached hydrogen (secondary N) is 2. The minimum absolute atomic E-state index is 0. The number of rotatable bonds is 4. The van der Waals surface area contributed by atoms with Crippen molar-refractivity contribution in [1.29, 1.82) is 0 Å². The summed E-state index contributed by atoms with van der Waals surface area (Å²) in [5, 5.41) is 6.66. The number of carbonyl (C=O) groups excluding carboxylic acids is 2. The van der Waals surface area contributed by atoms with E-state index in [1.807, 2.05) is 18.0 Å². The predicted octanol–water partition coefficient (Wildman–Crippen LogP) is 3.84. The molecule has 1 saturated heterocycles. The van der Waals surface area contributed by atoms with Gasteiger partial charge in [-0.15, -0.1) is 12.4 Å². The Morgan fingerprint density at radius 3 is 2.52 bits per heavy atom. The van der Waals surface area contributed by atoms with Gasteiger partial charge in [-0.25, -0.2) is 0 Å². The largest absolute Gasteiger partial charge is 0.337 e. The molecule has 27 heavy (non-hydrogen) atoms. The van der Waals surface area contributed by atoms with Crippen LogP contribution in [-0.4, -0.2) is 42.9 Å². The molecule has 0 saturated carbocycles. The number of piperidine rings is 1.